The van der Waals surface area contributed by atoms with Gasteiger partial charge in [-0.15, -0.1) is 0 Å². The Balaban J connectivity index is 2.92. The molecule has 0 fully saturated rings. The second-order valence-electron chi connectivity index (χ2n) is 2.10. The molecule has 0 aromatic carbocycles. The van der Waals surface area contributed by atoms with Crippen molar-refractivity contribution in [3.8, 4) is 6.07 Å². The van der Waals surface area contributed by atoms with Crippen LogP contribution in [0.4, 0.5) is 0 Å². The van der Waals surface area contributed by atoms with Gasteiger partial charge in [0.05, 0.1) is 17.1 Å². The number of nitrogens with one attached hydrogen (secondary N) is 1. The first-order valence-corrected chi connectivity index (χ1v) is 3.10. The van der Waals surface area contributed by atoms with Gasteiger partial charge in [-0.3, -0.25) is 5.10 Å². The number of aromatic nitrogens is 3. The molecule has 0 aliphatic carbocycles. The zero-order valence-electron chi connectivity index (χ0n) is 5.57. The molecular weight excluding hydrogens is 140 g/mol. The van der Waals surface area contributed by atoms with Crippen LogP contribution < -0.4 is 0 Å². The normalized spacial score (nSPS) is 9.73. The van der Waals surface area contributed by atoms with Crippen LogP contribution in [-0.2, 0) is 0 Å². The van der Waals surface area contributed by atoms with Gasteiger partial charge in [0.25, 0.3) is 0 Å². The highest BCUT2D eigenvalue weighted by Crippen LogP contribution is 2.11. The van der Waals surface area contributed by atoms with Crippen LogP contribution in [0.25, 0.3) is 11.0 Å². The Morgan fingerprint density at radius 2 is 2.45 bits per heavy atom. The largest absolute Gasteiger partial charge is 0.261 e. The summed E-state index contributed by atoms with van der Waals surface area (Å²) in [6, 6.07) is 3.72. The Labute approximate surface area is 62.5 Å². The molecule has 2 rings (SSSR count). The third-order valence-electron chi connectivity index (χ3n) is 1.47. The van der Waals surface area contributed by atoms with Crippen molar-refractivity contribution in [3.05, 3.63) is 24.0 Å². The molecule has 0 spiro atoms. The molecule has 2 heterocycles. The molecule has 0 unspecified atom stereocenters. The first-order valence-electron chi connectivity index (χ1n) is 3.10. The molecule has 0 aliphatic rings. The van der Waals surface area contributed by atoms with Gasteiger partial charge >= 0.3 is 0 Å². The van der Waals surface area contributed by atoms with E-state index in [0.29, 0.717) is 11.2 Å². The Morgan fingerprint density at radius 3 is 3.27 bits per heavy atom. The summed E-state index contributed by atoms with van der Waals surface area (Å²) in [6.07, 6.45) is 3.18. The van der Waals surface area contributed by atoms with Gasteiger partial charge in [-0.1, -0.05) is 0 Å². The quantitative estimate of drug-likeness (QED) is 0.595. The summed E-state index contributed by atoms with van der Waals surface area (Å²) in [7, 11) is 0. The lowest BCUT2D eigenvalue weighted by atomic mass is 10.2. The fourth-order valence-corrected chi connectivity index (χ4v) is 0.948. The van der Waals surface area contributed by atoms with Gasteiger partial charge in [0.2, 0.25) is 0 Å². The van der Waals surface area contributed by atoms with Crippen molar-refractivity contribution in [2.24, 2.45) is 0 Å². The summed E-state index contributed by atoms with van der Waals surface area (Å²) in [5.74, 6) is 0. The number of H-pyrrole nitrogens is 1. The van der Waals surface area contributed by atoms with Gasteiger partial charge in [-0.25, -0.2) is 4.98 Å². The molecule has 2 aromatic rings. The second kappa shape index (κ2) is 2.06. The molecule has 0 bridgehead atoms. The van der Waals surface area contributed by atoms with Crippen molar-refractivity contribution < 1.29 is 0 Å². The fraction of sp³-hybridized carbons (Fsp3) is 0. The van der Waals surface area contributed by atoms with E-state index in [0.717, 1.165) is 5.39 Å². The van der Waals surface area contributed by atoms with Crippen molar-refractivity contribution in [2.45, 2.75) is 0 Å². The number of nitriles is 1. The first-order chi connectivity index (χ1) is 5.42. The van der Waals surface area contributed by atoms with E-state index in [1.807, 2.05) is 0 Å². The molecule has 0 radical (unpaired) electrons. The van der Waals surface area contributed by atoms with Crippen molar-refractivity contribution in [1.29, 1.82) is 5.26 Å². The summed E-state index contributed by atoms with van der Waals surface area (Å²) in [5, 5.41) is 15.9. The Hall–Kier alpha value is -1.89. The van der Waals surface area contributed by atoms with Crippen LogP contribution in [0.3, 0.4) is 0 Å². The topological polar surface area (TPSA) is 65.4 Å². The van der Waals surface area contributed by atoms with E-state index >= 15 is 0 Å². The Morgan fingerprint density at radius 1 is 1.55 bits per heavy atom. The van der Waals surface area contributed by atoms with Crippen LogP contribution >= 0.6 is 0 Å². The SMILES string of the molecule is N#Cc1ccnc2[nH]ncc12. The van der Waals surface area contributed by atoms with E-state index in [4.69, 9.17) is 5.26 Å². The highest BCUT2D eigenvalue weighted by molar-refractivity contribution is 5.80. The predicted octanol–water partition coefficient (Wildman–Crippen LogP) is 0.830. The monoisotopic (exact) mass is 144 g/mol. The predicted molar refractivity (Wildman–Crippen MR) is 38.6 cm³/mol. The molecule has 11 heavy (non-hydrogen) atoms. The van der Waals surface area contributed by atoms with Gasteiger partial charge in [-0.05, 0) is 6.07 Å². The minimum Gasteiger partial charge on any atom is -0.261 e. The van der Waals surface area contributed by atoms with Gasteiger partial charge < -0.3 is 0 Å². The molecule has 0 aliphatic heterocycles. The Kier molecular flexibility index (Phi) is 1.10. The number of rotatable bonds is 0. The van der Waals surface area contributed by atoms with Crippen molar-refractivity contribution >= 4 is 11.0 Å². The van der Waals surface area contributed by atoms with Gasteiger partial charge in [0.15, 0.2) is 5.65 Å². The standard InChI is InChI=1S/C7H4N4/c8-3-5-1-2-9-7-6(5)4-10-11-7/h1-2,4H,(H,9,10,11). The van der Waals surface area contributed by atoms with Crippen LogP contribution in [0.5, 0.6) is 0 Å². The van der Waals surface area contributed by atoms with Crippen LogP contribution in [-0.4, -0.2) is 15.2 Å². The number of fused-ring (bicyclic) bond motifs is 1. The zero-order valence-corrected chi connectivity index (χ0v) is 5.57. The molecular formula is C7H4N4. The summed E-state index contributed by atoms with van der Waals surface area (Å²) >= 11 is 0. The van der Waals surface area contributed by atoms with E-state index in [1.54, 1.807) is 18.5 Å². The maximum absolute atomic E-state index is 8.63. The van der Waals surface area contributed by atoms with Crippen LogP contribution in [0.15, 0.2) is 18.5 Å². The number of pyridine rings is 1. The molecule has 0 saturated carbocycles. The lowest BCUT2D eigenvalue weighted by Crippen LogP contribution is -1.78. The minimum absolute atomic E-state index is 0.601. The average Bonchev–Trinajstić information content (AvgIpc) is 2.50. The van der Waals surface area contributed by atoms with E-state index < -0.39 is 0 Å². The van der Waals surface area contributed by atoms with Gasteiger partial charge in [0, 0.05) is 6.20 Å². The van der Waals surface area contributed by atoms with Crippen molar-refractivity contribution in [1.82, 2.24) is 15.2 Å². The maximum atomic E-state index is 8.63. The number of nitrogens with zero attached hydrogens (tertiary/aromatic N) is 3. The third kappa shape index (κ3) is 0.749. The summed E-state index contributed by atoms with van der Waals surface area (Å²) < 4.78 is 0. The number of aromatic amines is 1. The average molecular weight is 144 g/mol. The number of hydrogen-bond acceptors (Lipinski definition) is 3. The third-order valence-corrected chi connectivity index (χ3v) is 1.47. The van der Waals surface area contributed by atoms with E-state index in [1.165, 1.54) is 0 Å². The molecule has 0 atom stereocenters. The molecule has 4 nitrogen and oxygen atoms in total. The van der Waals surface area contributed by atoms with Crippen LogP contribution in [0, 0.1) is 11.3 Å². The van der Waals surface area contributed by atoms with Crippen LogP contribution in [0.2, 0.25) is 0 Å². The molecule has 2 aromatic heterocycles. The van der Waals surface area contributed by atoms with E-state index in [9.17, 15) is 0 Å². The van der Waals surface area contributed by atoms with Gasteiger partial charge in [-0.2, -0.15) is 10.4 Å². The maximum Gasteiger partial charge on any atom is 0.156 e. The van der Waals surface area contributed by atoms with E-state index in [2.05, 4.69) is 21.3 Å². The highest BCUT2D eigenvalue weighted by Gasteiger charge is 2.00. The van der Waals surface area contributed by atoms with Crippen molar-refractivity contribution in [3.63, 3.8) is 0 Å². The highest BCUT2D eigenvalue weighted by atomic mass is 15.1. The molecule has 52 valence electrons. The lowest BCUT2D eigenvalue weighted by Gasteiger charge is -1.87. The van der Waals surface area contributed by atoms with Gasteiger partial charge in [0.1, 0.15) is 6.07 Å². The molecule has 0 amide bonds. The van der Waals surface area contributed by atoms with Crippen LogP contribution in [0.1, 0.15) is 5.56 Å². The minimum atomic E-state index is 0.601. The zero-order chi connectivity index (χ0) is 7.68. The fourth-order valence-electron chi connectivity index (χ4n) is 0.948. The second-order valence-corrected chi connectivity index (χ2v) is 2.10. The molecule has 0 saturated heterocycles. The van der Waals surface area contributed by atoms with E-state index in [-0.39, 0.29) is 0 Å². The Bertz CT molecular complexity index is 423. The van der Waals surface area contributed by atoms with Crippen molar-refractivity contribution in [2.75, 3.05) is 0 Å². The molecule has 1 N–H and O–H groups in total. The first kappa shape index (κ1) is 5.86. The summed E-state index contributed by atoms with van der Waals surface area (Å²) in [4.78, 5) is 3.98. The smallest absolute Gasteiger partial charge is 0.156 e. The summed E-state index contributed by atoms with van der Waals surface area (Å²) in [5.41, 5.74) is 1.26. The number of hydrogen-bond donors (Lipinski definition) is 1. The summed E-state index contributed by atoms with van der Waals surface area (Å²) in [6.45, 7) is 0. The lowest BCUT2D eigenvalue weighted by molar-refractivity contribution is 1.10. The molecule has 4 heteroatoms.